The van der Waals surface area contributed by atoms with E-state index in [9.17, 15) is 4.79 Å². The van der Waals surface area contributed by atoms with Crippen molar-refractivity contribution in [3.05, 3.63) is 0 Å². The van der Waals surface area contributed by atoms with Gasteiger partial charge in [0.2, 0.25) is 0 Å². The number of rotatable bonds is 3. The van der Waals surface area contributed by atoms with E-state index < -0.39 is 0 Å². The van der Waals surface area contributed by atoms with Gasteiger partial charge in [-0.25, -0.2) is 0 Å². The van der Waals surface area contributed by atoms with Crippen LogP contribution in [0.4, 0.5) is 0 Å². The molecule has 2 atom stereocenters. The molecule has 2 aliphatic carbocycles. The molecule has 2 nitrogen and oxygen atoms in total. The van der Waals surface area contributed by atoms with Gasteiger partial charge < -0.3 is 0 Å². The SMILES string of the molecule is CC1CCCCC1.CS[Se]C1CCCCC1C(N)=O. The molecular weight excluding hydrogens is 321 g/mol. The first-order chi connectivity index (χ1) is 9.15. The molecule has 0 aromatic heterocycles. The van der Waals surface area contributed by atoms with Gasteiger partial charge in [-0.1, -0.05) is 39.0 Å². The zero-order valence-corrected chi connectivity index (χ0v) is 14.9. The molecule has 4 heteroatoms. The average Bonchev–Trinajstić information content (AvgIpc) is 2.41. The van der Waals surface area contributed by atoms with Gasteiger partial charge in [-0.2, -0.15) is 0 Å². The molecule has 2 fully saturated rings. The van der Waals surface area contributed by atoms with Gasteiger partial charge in [-0.05, 0) is 5.92 Å². The maximum atomic E-state index is 11.1. The van der Waals surface area contributed by atoms with E-state index in [0.717, 1.165) is 12.3 Å². The number of primary amides is 1. The number of hydrogen-bond donors (Lipinski definition) is 1. The van der Waals surface area contributed by atoms with Crippen LogP contribution >= 0.6 is 10.2 Å². The Morgan fingerprint density at radius 1 is 1.05 bits per heavy atom. The Morgan fingerprint density at radius 2 is 1.63 bits per heavy atom. The van der Waals surface area contributed by atoms with Gasteiger partial charge in [0, 0.05) is 0 Å². The summed E-state index contributed by atoms with van der Waals surface area (Å²) in [6, 6.07) is 0. The van der Waals surface area contributed by atoms with E-state index >= 15 is 0 Å². The predicted octanol–water partition coefficient (Wildman–Crippen LogP) is 4.02. The molecule has 0 heterocycles. The van der Waals surface area contributed by atoms with Gasteiger partial charge in [0.05, 0.1) is 0 Å². The molecule has 2 N–H and O–H groups in total. The number of amides is 1. The first-order valence-corrected chi connectivity index (χ1v) is 11.9. The molecule has 1 amide bonds. The molecule has 19 heavy (non-hydrogen) atoms. The summed E-state index contributed by atoms with van der Waals surface area (Å²) < 4.78 is 0. The summed E-state index contributed by atoms with van der Waals surface area (Å²) in [5, 5.41) is 0. The fourth-order valence-electron chi connectivity index (χ4n) is 2.97. The Hall–Kier alpha value is 0.339. The van der Waals surface area contributed by atoms with Crippen LogP contribution in [0.15, 0.2) is 0 Å². The number of carbonyl (C=O) groups is 1. The normalized spacial score (nSPS) is 28.3. The summed E-state index contributed by atoms with van der Waals surface area (Å²) in [5.41, 5.74) is 5.35. The van der Waals surface area contributed by atoms with Crippen molar-refractivity contribution in [1.29, 1.82) is 0 Å². The zero-order chi connectivity index (χ0) is 14.1. The topological polar surface area (TPSA) is 43.1 Å². The fraction of sp³-hybridized carbons (Fsp3) is 0.933. The molecule has 0 radical (unpaired) electrons. The molecule has 0 aliphatic heterocycles. The van der Waals surface area contributed by atoms with Crippen LogP contribution in [0.25, 0.3) is 0 Å². The molecule has 2 rings (SSSR count). The molecule has 0 saturated heterocycles. The summed E-state index contributed by atoms with van der Waals surface area (Å²) in [5.74, 6) is 1.15. The molecular formula is C15H29NOSSe. The van der Waals surface area contributed by atoms with Gasteiger partial charge in [0.15, 0.2) is 0 Å². The summed E-state index contributed by atoms with van der Waals surface area (Å²) in [4.78, 5) is 11.7. The molecule has 2 unspecified atom stereocenters. The van der Waals surface area contributed by atoms with E-state index in [2.05, 4.69) is 13.2 Å². The van der Waals surface area contributed by atoms with Crippen molar-refractivity contribution in [2.45, 2.75) is 69.5 Å². The van der Waals surface area contributed by atoms with Gasteiger partial charge in [0.1, 0.15) is 0 Å². The van der Waals surface area contributed by atoms with E-state index in [4.69, 9.17) is 5.73 Å². The first kappa shape index (κ1) is 17.4. The van der Waals surface area contributed by atoms with Crippen LogP contribution in [0.5, 0.6) is 0 Å². The van der Waals surface area contributed by atoms with Crippen LogP contribution in [0.2, 0.25) is 4.82 Å². The third-order valence-electron chi connectivity index (χ3n) is 4.18. The molecule has 2 aliphatic rings. The molecule has 0 bridgehead atoms. The van der Waals surface area contributed by atoms with Gasteiger partial charge in [0.25, 0.3) is 0 Å². The maximum absolute atomic E-state index is 11.1. The van der Waals surface area contributed by atoms with Crippen LogP contribution in [0, 0.1) is 11.8 Å². The van der Waals surface area contributed by atoms with Crippen molar-refractivity contribution in [2.24, 2.45) is 17.6 Å². The Labute approximate surface area is 128 Å². The first-order valence-electron chi connectivity index (χ1n) is 7.64. The van der Waals surface area contributed by atoms with Gasteiger partial charge >= 0.3 is 83.1 Å². The number of carbonyl (C=O) groups excluding carboxylic acids is 1. The quantitative estimate of drug-likeness (QED) is 0.781. The van der Waals surface area contributed by atoms with Crippen molar-refractivity contribution >= 4 is 29.9 Å². The predicted molar refractivity (Wildman–Crippen MR) is 86.4 cm³/mol. The van der Waals surface area contributed by atoms with Crippen molar-refractivity contribution in [2.75, 3.05) is 6.26 Å². The van der Waals surface area contributed by atoms with Crippen LogP contribution in [0.3, 0.4) is 0 Å². The van der Waals surface area contributed by atoms with Crippen molar-refractivity contribution in [3.63, 3.8) is 0 Å². The molecule has 0 aromatic carbocycles. The fourth-order valence-corrected chi connectivity index (χ4v) is 7.37. The Morgan fingerprint density at radius 3 is 2.11 bits per heavy atom. The molecule has 2 saturated carbocycles. The van der Waals surface area contributed by atoms with Crippen LogP contribution in [-0.4, -0.2) is 26.0 Å². The Balaban J connectivity index is 0.000000218. The van der Waals surface area contributed by atoms with Gasteiger partial charge in [-0.3, -0.25) is 0 Å². The number of nitrogens with two attached hydrogens (primary N) is 1. The molecule has 0 aromatic rings. The minimum atomic E-state index is -0.0735. The van der Waals surface area contributed by atoms with E-state index in [1.54, 1.807) is 0 Å². The van der Waals surface area contributed by atoms with Crippen LogP contribution in [0.1, 0.15) is 64.7 Å². The third kappa shape index (κ3) is 7.06. The summed E-state index contributed by atoms with van der Waals surface area (Å²) in [7, 11) is 1.88. The van der Waals surface area contributed by atoms with Crippen LogP contribution < -0.4 is 5.73 Å². The van der Waals surface area contributed by atoms with E-state index in [1.165, 1.54) is 51.4 Å². The molecule has 0 spiro atoms. The second-order valence-corrected chi connectivity index (χ2v) is 10.9. The Bertz CT molecular complexity index is 255. The third-order valence-corrected chi connectivity index (χ3v) is 8.57. The zero-order valence-electron chi connectivity index (χ0n) is 12.4. The monoisotopic (exact) mass is 351 g/mol. The standard InChI is InChI=1S/C8H15NOSSe.C7H14/c1-11-12-7-5-3-2-4-6(7)8(9)10;1-7-5-3-2-4-6-7/h6-7H,2-5H2,1H3,(H2,9,10);7H,2-6H2,1H3. The van der Waals surface area contributed by atoms with Crippen molar-refractivity contribution in [3.8, 4) is 0 Å². The van der Waals surface area contributed by atoms with Crippen molar-refractivity contribution in [1.82, 2.24) is 0 Å². The summed E-state index contributed by atoms with van der Waals surface area (Å²) >= 11 is 0.556. The van der Waals surface area contributed by atoms with E-state index in [-0.39, 0.29) is 11.8 Å². The summed E-state index contributed by atoms with van der Waals surface area (Å²) in [6.07, 6.45) is 14.3. The summed E-state index contributed by atoms with van der Waals surface area (Å²) in [6.45, 7) is 2.36. The molecule has 112 valence electrons. The minimum absolute atomic E-state index is 0.0735. The number of hydrogen-bond acceptors (Lipinski definition) is 2. The van der Waals surface area contributed by atoms with Crippen LogP contribution in [-0.2, 0) is 4.79 Å². The Kier molecular flexibility index (Phi) is 9.27. The van der Waals surface area contributed by atoms with E-state index in [1.807, 2.05) is 10.2 Å². The second kappa shape index (κ2) is 10.1. The second-order valence-electron chi connectivity index (χ2n) is 5.84. The van der Waals surface area contributed by atoms with Gasteiger partial charge in [-0.15, -0.1) is 0 Å². The average molecular weight is 350 g/mol. The van der Waals surface area contributed by atoms with Crippen molar-refractivity contribution < 1.29 is 4.79 Å². The van der Waals surface area contributed by atoms with E-state index in [0.29, 0.717) is 18.7 Å².